The normalized spacial score (nSPS) is 11.2. The SMILES string of the molecule is CCOC(=O)c1c(C)[nH]c(C)c1C(=O)CSc1nc2scc(-c3cccs3)c2c(=O)[nH]1. The van der Waals surface area contributed by atoms with Crippen molar-refractivity contribution in [2.75, 3.05) is 12.4 Å². The van der Waals surface area contributed by atoms with Gasteiger partial charge in [0.05, 0.1) is 28.9 Å². The highest BCUT2D eigenvalue weighted by Gasteiger charge is 2.25. The number of ether oxygens (including phenoxy) is 1. The molecule has 0 amide bonds. The summed E-state index contributed by atoms with van der Waals surface area (Å²) in [6.07, 6.45) is 0. The molecule has 7 nitrogen and oxygen atoms in total. The summed E-state index contributed by atoms with van der Waals surface area (Å²) in [6, 6.07) is 3.91. The van der Waals surface area contributed by atoms with E-state index in [4.69, 9.17) is 4.74 Å². The van der Waals surface area contributed by atoms with E-state index in [9.17, 15) is 14.4 Å². The molecule has 4 heterocycles. The topological polar surface area (TPSA) is 105 Å². The quantitative estimate of drug-likeness (QED) is 0.173. The minimum absolute atomic E-state index is 0.0299. The molecule has 0 saturated carbocycles. The van der Waals surface area contributed by atoms with Crippen LogP contribution in [0, 0.1) is 13.8 Å². The van der Waals surface area contributed by atoms with Gasteiger partial charge in [-0.15, -0.1) is 22.7 Å². The Bertz CT molecular complexity index is 1330. The monoisotopic (exact) mass is 473 g/mol. The number of carbonyl (C=O) groups is 2. The van der Waals surface area contributed by atoms with Gasteiger partial charge in [0.25, 0.3) is 5.56 Å². The van der Waals surface area contributed by atoms with E-state index in [2.05, 4.69) is 15.0 Å². The molecule has 0 fully saturated rings. The lowest BCUT2D eigenvalue weighted by molar-refractivity contribution is 0.0522. The van der Waals surface area contributed by atoms with Gasteiger partial charge < -0.3 is 14.7 Å². The molecule has 4 aromatic rings. The van der Waals surface area contributed by atoms with Gasteiger partial charge in [0, 0.05) is 27.2 Å². The second-order valence-corrected chi connectivity index (χ2v) is 9.51. The van der Waals surface area contributed by atoms with E-state index in [1.165, 1.54) is 11.3 Å². The molecule has 160 valence electrons. The fourth-order valence-corrected chi connectivity index (χ4v) is 5.96. The molecule has 0 aliphatic heterocycles. The summed E-state index contributed by atoms with van der Waals surface area (Å²) in [4.78, 5) is 49.9. The Morgan fingerprint density at radius 3 is 2.65 bits per heavy atom. The number of thioether (sulfide) groups is 1. The molecule has 0 saturated heterocycles. The van der Waals surface area contributed by atoms with Crippen molar-refractivity contribution in [3.63, 3.8) is 0 Å². The number of nitrogens with one attached hydrogen (secondary N) is 2. The Kier molecular flexibility index (Phi) is 6.12. The number of esters is 1. The maximum Gasteiger partial charge on any atom is 0.340 e. The molecular formula is C21H19N3O4S3. The van der Waals surface area contributed by atoms with Crippen LogP contribution in [0.2, 0.25) is 0 Å². The third-order valence-electron chi connectivity index (χ3n) is 4.68. The Morgan fingerprint density at radius 2 is 1.94 bits per heavy atom. The molecule has 0 bridgehead atoms. The van der Waals surface area contributed by atoms with Crippen molar-refractivity contribution in [2.24, 2.45) is 0 Å². The van der Waals surface area contributed by atoms with Crippen molar-refractivity contribution in [2.45, 2.75) is 25.9 Å². The highest BCUT2D eigenvalue weighted by molar-refractivity contribution is 7.99. The standard InChI is InChI=1S/C21H19N3O4S3/c1-4-28-20(27)16-11(3)22-10(2)15(16)13(25)9-31-21-23-18(26)17-12(8-30-19(17)24-21)14-6-5-7-29-14/h5-8,22H,4,9H2,1-3H3,(H,23,24,26). The van der Waals surface area contributed by atoms with Gasteiger partial charge in [-0.1, -0.05) is 17.8 Å². The van der Waals surface area contributed by atoms with Crippen molar-refractivity contribution in [3.8, 4) is 10.4 Å². The number of ketones is 1. The second-order valence-electron chi connectivity index (χ2n) is 6.74. The maximum atomic E-state index is 12.9. The van der Waals surface area contributed by atoms with Crippen LogP contribution in [0.25, 0.3) is 20.7 Å². The predicted octanol–water partition coefficient (Wildman–Crippen LogP) is 4.81. The number of aryl methyl sites for hydroxylation is 2. The summed E-state index contributed by atoms with van der Waals surface area (Å²) >= 11 is 4.10. The smallest absolute Gasteiger partial charge is 0.340 e. The van der Waals surface area contributed by atoms with Crippen molar-refractivity contribution >= 4 is 56.4 Å². The van der Waals surface area contributed by atoms with Crippen molar-refractivity contribution in [3.05, 3.63) is 55.8 Å². The summed E-state index contributed by atoms with van der Waals surface area (Å²) in [6.45, 7) is 5.43. The number of hydrogen-bond donors (Lipinski definition) is 2. The zero-order chi connectivity index (χ0) is 22.1. The van der Waals surface area contributed by atoms with Crippen LogP contribution in [-0.4, -0.2) is 39.1 Å². The van der Waals surface area contributed by atoms with Gasteiger partial charge in [-0.2, -0.15) is 0 Å². The fourth-order valence-electron chi connectivity index (χ4n) is 3.41. The first-order chi connectivity index (χ1) is 14.9. The number of Topliss-reactive ketones (excluding diaryl/α,β-unsaturated/α-hetero) is 1. The number of aromatic nitrogens is 3. The molecule has 0 aromatic carbocycles. The van der Waals surface area contributed by atoms with Gasteiger partial charge in [-0.25, -0.2) is 9.78 Å². The van der Waals surface area contributed by atoms with Crippen LogP contribution in [0.1, 0.15) is 39.0 Å². The van der Waals surface area contributed by atoms with Crippen LogP contribution < -0.4 is 5.56 Å². The number of nitrogens with zero attached hydrogens (tertiary/aromatic N) is 1. The van der Waals surface area contributed by atoms with Crippen molar-refractivity contribution in [1.82, 2.24) is 15.0 Å². The molecule has 0 aliphatic carbocycles. The summed E-state index contributed by atoms with van der Waals surface area (Å²) < 4.78 is 5.10. The molecule has 10 heteroatoms. The molecule has 0 unspecified atom stereocenters. The predicted molar refractivity (Wildman–Crippen MR) is 125 cm³/mol. The van der Waals surface area contributed by atoms with Gasteiger partial charge >= 0.3 is 5.97 Å². The Hall–Kier alpha value is -2.69. The van der Waals surface area contributed by atoms with Gasteiger partial charge in [0.2, 0.25) is 0 Å². The number of rotatable bonds is 7. The van der Waals surface area contributed by atoms with Crippen LogP contribution in [0.15, 0.2) is 32.8 Å². The molecule has 31 heavy (non-hydrogen) atoms. The summed E-state index contributed by atoms with van der Waals surface area (Å²) in [7, 11) is 0. The zero-order valence-electron chi connectivity index (χ0n) is 17.0. The van der Waals surface area contributed by atoms with E-state index < -0.39 is 5.97 Å². The number of carbonyl (C=O) groups excluding carboxylic acids is 2. The molecule has 0 atom stereocenters. The van der Waals surface area contributed by atoms with Crippen LogP contribution in [0.4, 0.5) is 0 Å². The molecule has 4 rings (SSSR count). The molecular weight excluding hydrogens is 454 g/mol. The largest absolute Gasteiger partial charge is 0.462 e. The van der Waals surface area contributed by atoms with Gasteiger partial charge in [-0.05, 0) is 32.2 Å². The van der Waals surface area contributed by atoms with E-state index >= 15 is 0 Å². The van der Waals surface area contributed by atoms with Crippen LogP contribution in [0.3, 0.4) is 0 Å². The lowest BCUT2D eigenvalue weighted by atomic mass is 10.1. The Balaban J connectivity index is 1.58. The van der Waals surface area contributed by atoms with Crippen molar-refractivity contribution < 1.29 is 14.3 Å². The highest BCUT2D eigenvalue weighted by Crippen LogP contribution is 2.34. The summed E-state index contributed by atoms with van der Waals surface area (Å²) in [5, 5.41) is 4.82. The first-order valence-corrected chi connectivity index (χ1v) is 12.2. The third-order valence-corrected chi connectivity index (χ3v) is 7.33. The lowest BCUT2D eigenvalue weighted by Crippen LogP contribution is -2.14. The first-order valence-electron chi connectivity index (χ1n) is 9.48. The molecule has 4 aromatic heterocycles. The third kappa shape index (κ3) is 4.10. The summed E-state index contributed by atoms with van der Waals surface area (Å²) in [5.41, 5.74) is 2.43. The Labute approximate surface area is 189 Å². The average Bonchev–Trinajstić information content (AvgIpc) is 3.44. The maximum absolute atomic E-state index is 12.9. The van der Waals surface area contributed by atoms with E-state index in [0.717, 1.165) is 22.2 Å². The van der Waals surface area contributed by atoms with Gasteiger partial charge in [0.15, 0.2) is 10.9 Å². The van der Waals surface area contributed by atoms with Crippen molar-refractivity contribution in [1.29, 1.82) is 0 Å². The number of thiophene rings is 2. The number of hydrogen-bond acceptors (Lipinski definition) is 8. The van der Waals surface area contributed by atoms with Gasteiger partial charge in [0.1, 0.15) is 4.83 Å². The highest BCUT2D eigenvalue weighted by atomic mass is 32.2. The minimum atomic E-state index is -0.523. The fraction of sp³-hybridized carbons (Fsp3) is 0.238. The lowest BCUT2D eigenvalue weighted by Gasteiger charge is -2.06. The second kappa shape index (κ2) is 8.81. The Morgan fingerprint density at radius 1 is 1.16 bits per heavy atom. The van der Waals surface area contributed by atoms with E-state index in [-0.39, 0.29) is 29.3 Å². The average molecular weight is 474 g/mol. The molecule has 0 radical (unpaired) electrons. The van der Waals surface area contributed by atoms with Crippen LogP contribution in [-0.2, 0) is 4.74 Å². The van der Waals surface area contributed by atoms with E-state index in [0.29, 0.717) is 32.3 Å². The van der Waals surface area contributed by atoms with Crippen LogP contribution >= 0.6 is 34.4 Å². The van der Waals surface area contributed by atoms with Gasteiger partial charge in [-0.3, -0.25) is 9.59 Å². The van der Waals surface area contributed by atoms with E-state index in [1.54, 1.807) is 32.1 Å². The first kappa shape index (κ1) is 21.5. The summed E-state index contributed by atoms with van der Waals surface area (Å²) in [5.74, 6) is -0.726. The van der Waals surface area contributed by atoms with E-state index in [1.807, 2.05) is 22.9 Å². The number of fused-ring (bicyclic) bond motifs is 1. The minimum Gasteiger partial charge on any atom is -0.462 e. The molecule has 0 aliphatic rings. The molecule has 2 N–H and O–H groups in total. The van der Waals surface area contributed by atoms with Crippen LogP contribution in [0.5, 0.6) is 0 Å². The zero-order valence-corrected chi connectivity index (χ0v) is 19.5. The number of H-pyrrole nitrogens is 2. The molecule has 0 spiro atoms. The number of aromatic amines is 2.